The number of rotatable bonds is 4. The summed E-state index contributed by atoms with van der Waals surface area (Å²) in [5.74, 6) is -0.483. The molecule has 2 unspecified atom stereocenters. The highest BCUT2D eigenvalue weighted by molar-refractivity contribution is 6.52. The summed E-state index contributed by atoms with van der Waals surface area (Å²) < 4.78 is 0. The van der Waals surface area contributed by atoms with Gasteiger partial charge in [0.15, 0.2) is 5.82 Å². The fraction of sp³-hybridized carbons (Fsp3) is 0.308. The van der Waals surface area contributed by atoms with Gasteiger partial charge in [-0.2, -0.15) is 5.10 Å². The van der Waals surface area contributed by atoms with E-state index in [4.69, 9.17) is 0 Å². The molecule has 1 aliphatic carbocycles. The normalized spacial score (nSPS) is 22.5. The first kappa shape index (κ1) is 21.7. The number of amides is 1. The van der Waals surface area contributed by atoms with Gasteiger partial charge in [0.2, 0.25) is 0 Å². The average Bonchev–Trinajstić information content (AvgIpc) is 3.05. The van der Waals surface area contributed by atoms with Crippen LogP contribution < -0.4 is 4.90 Å². The quantitative estimate of drug-likeness (QED) is 0.439. The first-order chi connectivity index (χ1) is 15.3. The predicted molar refractivity (Wildman–Crippen MR) is 124 cm³/mol. The third-order valence-electron chi connectivity index (χ3n) is 6.13. The largest absolute Gasteiger partial charge is 0.507 e. The lowest BCUT2D eigenvalue weighted by Crippen LogP contribution is -2.36. The second-order valence-corrected chi connectivity index (χ2v) is 8.77. The molecule has 2 heterocycles. The van der Waals surface area contributed by atoms with E-state index < -0.39 is 17.7 Å². The molecule has 1 saturated heterocycles. The van der Waals surface area contributed by atoms with Crippen LogP contribution in [0.2, 0.25) is 0 Å². The fourth-order valence-corrected chi connectivity index (χ4v) is 4.12. The lowest BCUT2D eigenvalue weighted by Gasteiger charge is -2.28. The summed E-state index contributed by atoms with van der Waals surface area (Å²) in [6.45, 7) is 8.08. The Labute approximate surface area is 188 Å². The Morgan fingerprint density at radius 2 is 1.78 bits per heavy atom. The number of carbonyl (C=O) groups excluding carboxylic acids is 2. The molecule has 0 spiro atoms. The second kappa shape index (κ2) is 8.54. The molecule has 6 nitrogen and oxygen atoms in total. The molecule has 164 valence electrons. The molecular formula is C26H27N3O3. The van der Waals surface area contributed by atoms with Crippen molar-refractivity contribution in [3.05, 3.63) is 82.6 Å². The van der Waals surface area contributed by atoms with E-state index in [1.165, 1.54) is 4.90 Å². The van der Waals surface area contributed by atoms with E-state index in [1.54, 1.807) is 31.2 Å². The van der Waals surface area contributed by atoms with Crippen molar-refractivity contribution < 1.29 is 14.7 Å². The van der Waals surface area contributed by atoms with Crippen molar-refractivity contribution in [1.82, 2.24) is 10.2 Å². The molecule has 4 rings (SSSR count). The Morgan fingerprint density at radius 1 is 1.06 bits per heavy atom. The molecule has 1 amide bonds. The van der Waals surface area contributed by atoms with Gasteiger partial charge in [-0.15, -0.1) is 5.10 Å². The maximum Gasteiger partial charge on any atom is 0.301 e. The standard InChI is InChI=1S/C26H27N3O3/c1-15(2)18-10-12-19(13-11-18)23-22(24(30)20-8-5-16(3)6-9-20)25(31)26(32)29(23)21-14-7-17(4)27-28-21/h5-10,12-15,18,23,30H,11H2,1-4H3. The minimum Gasteiger partial charge on any atom is -0.507 e. The zero-order chi connectivity index (χ0) is 23.0. The van der Waals surface area contributed by atoms with E-state index in [2.05, 4.69) is 36.2 Å². The fourth-order valence-electron chi connectivity index (χ4n) is 4.12. The minimum atomic E-state index is -0.766. The SMILES string of the molecule is Cc1ccc(C(O)=C2C(=O)C(=O)N(c3ccc(C)nn3)C2C2=CCC(C(C)C)C=C2)cc1. The maximum absolute atomic E-state index is 13.2. The van der Waals surface area contributed by atoms with Gasteiger partial charge in [0.05, 0.1) is 17.3 Å². The molecule has 2 aromatic rings. The zero-order valence-corrected chi connectivity index (χ0v) is 18.7. The van der Waals surface area contributed by atoms with Crippen molar-refractivity contribution in [1.29, 1.82) is 0 Å². The lowest BCUT2D eigenvalue weighted by molar-refractivity contribution is -0.132. The Balaban J connectivity index is 1.86. The van der Waals surface area contributed by atoms with Crippen molar-refractivity contribution in [2.75, 3.05) is 4.90 Å². The van der Waals surface area contributed by atoms with E-state index >= 15 is 0 Å². The average molecular weight is 430 g/mol. The molecule has 1 N–H and O–H groups in total. The minimum absolute atomic E-state index is 0.0696. The number of ketones is 1. The predicted octanol–water partition coefficient (Wildman–Crippen LogP) is 4.51. The Bertz CT molecular complexity index is 1140. The molecule has 6 heteroatoms. The molecule has 1 aromatic carbocycles. The van der Waals surface area contributed by atoms with E-state index in [9.17, 15) is 14.7 Å². The highest BCUT2D eigenvalue weighted by Crippen LogP contribution is 2.38. The number of carbonyl (C=O) groups is 2. The second-order valence-electron chi connectivity index (χ2n) is 8.77. The van der Waals surface area contributed by atoms with Gasteiger partial charge in [0, 0.05) is 5.56 Å². The molecule has 0 bridgehead atoms. The van der Waals surface area contributed by atoms with Crippen LogP contribution in [0, 0.1) is 25.7 Å². The summed E-state index contributed by atoms with van der Waals surface area (Å²) in [5, 5.41) is 19.4. The van der Waals surface area contributed by atoms with Crippen LogP contribution in [-0.4, -0.2) is 33.0 Å². The number of benzene rings is 1. The van der Waals surface area contributed by atoms with Gasteiger partial charge >= 0.3 is 5.91 Å². The van der Waals surface area contributed by atoms with Gasteiger partial charge in [-0.25, -0.2) is 0 Å². The topological polar surface area (TPSA) is 83.4 Å². The molecule has 1 aromatic heterocycles. The highest BCUT2D eigenvalue weighted by atomic mass is 16.3. The number of aromatic nitrogens is 2. The van der Waals surface area contributed by atoms with Crippen molar-refractivity contribution in [2.24, 2.45) is 11.8 Å². The molecule has 0 saturated carbocycles. The smallest absolute Gasteiger partial charge is 0.301 e. The van der Waals surface area contributed by atoms with E-state index in [0.29, 0.717) is 23.1 Å². The Morgan fingerprint density at radius 3 is 2.34 bits per heavy atom. The maximum atomic E-state index is 13.2. The third-order valence-corrected chi connectivity index (χ3v) is 6.13. The van der Waals surface area contributed by atoms with Crippen LogP contribution in [0.25, 0.3) is 5.76 Å². The number of aliphatic hydroxyl groups excluding tert-OH is 1. The van der Waals surface area contributed by atoms with Gasteiger partial charge in [0.1, 0.15) is 5.76 Å². The summed E-state index contributed by atoms with van der Waals surface area (Å²) in [4.78, 5) is 27.6. The number of aliphatic hydroxyl groups is 1. The number of allylic oxidation sites excluding steroid dienone is 2. The third kappa shape index (κ3) is 3.88. The van der Waals surface area contributed by atoms with Gasteiger partial charge in [-0.05, 0) is 49.8 Å². The summed E-state index contributed by atoms with van der Waals surface area (Å²) >= 11 is 0. The Kier molecular flexibility index (Phi) is 5.78. The first-order valence-corrected chi connectivity index (χ1v) is 10.8. The molecule has 2 atom stereocenters. The molecule has 2 aliphatic rings. The van der Waals surface area contributed by atoms with Gasteiger partial charge in [-0.1, -0.05) is 61.9 Å². The van der Waals surface area contributed by atoms with E-state index in [1.807, 2.05) is 25.1 Å². The summed E-state index contributed by atoms with van der Waals surface area (Å²) in [5.41, 5.74) is 3.09. The van der Waals surface area contributed by atoms with Crippen LogP contribution >= 0.6 is 0 Å². The van der Waals surface area contributed by atoms with Crippen LogP contribution in [0.1, 0.15) is 37.1 Å². The van der Waals surface area contributed by atoms with Crippen molar-refractivity contribution in [2.45, 2.75) is 40.2 Å². The summed E-state index contributed by atoms with van der Waals surface area (Å²) in [6.07, 6.45) is 6.93. The molecule has 0 radical (unpaired) electrons. The number of Topliss-reactive ketones (excluding diaryl/α,β-unsaturated/α-hetero) is 1. The van der Waals surface area contributed by atoms with Gasteiger partial charge in [-0.3, -0.25) is 14.5 Å². The molecule has 1 aliphatic heterocycles. The van der Waals surface area contributed by atoms with Gasteiger partial charge in [0.25, 0.3) is 5.78 Å². The zero-order valence-electron chi connectivity index (χ0n) is 18.7. The van der Waals surface area contributed by atoms with Crippen molar-refractivity contribution >= 4 is 23.3 Å². The van der Waals surface area contributed by atoms with Crippen LogP contribution in [0.5, 0.6) is 0 Å². The van der Waals surface area contributed by atoms with Crippen LogP contribution in [-0.2, 0) is 9.59 Å². The summed E-state index contributed by atoms with van der Waals surface area (Å²) in [7, 11) is 0. The molecular weight excluding hydrogens is 402 g/mol. The van der Waals surface area contributed by atoms with E-state index in [0.717, 1.165) is 17.6 Å². The number of anilines is 1. The highest BCUT2D eigenvalue weighted by Gasteiger charge is 2.48. The van der Waals surface area contributed by atoms with Gasteiger partial charge < -0.3 is 5.11 Å². The Hall–Kier alpha value is -3.54. The van der Waals surface area contributed by atoms with Crippen LogP contribution in [0.15, 0.2) is 65.8 Å². The number of aryl methyl sites for hydroxylation is 2. The number of nitrogens with zero attached hydrogens (tertiary/aromatic N) is 3. The molecule has 32 heavy (non-hydrogen) atoms. The summed E-state index contributed by atoms with van der Waals surface area (Å²) in [6, 6.07) is 9.88. The lowest BCUT2D eigenvalue weighted by atomic mass is 9.84. The van der Waals surface area contributed by atoms with E-state index in [-0.39, 0.29) is 17.2 Å². The van der Waals surface area contributed by atoms with Crippen LogP contribution in [0.3, 0.4) is 0 Å². The van der Waals surface area contributed by atoms with Crippen LogP contribution in [0.4, 0.5) is 5.82 Å². The van der Waals surface area contributed by atoms with Crippen molar-refractivity contribution in [3.8, 4) is 0 Å². The molecule has 1 fully saturated rings. The number of hydrogen-bond donors (Lipinski definition) is 1. The van der Waals surface area contributed by atoms with Crippen molar-refractivity contribution in [3.63, 3.8) is 0 Å². The monoisotopic (exact) mass is 429 g/mol. The first-order valence-electron chi connectivity index (χ1n) is 10.8. The number of hydrogen-bond acceptors (Lipinski definition) is 5.